The molecule has 0 saturated carbocycles. The molecular formula is C19H16ClN3O3. The Kier molecular flexibility index (Phi) is 5.66. The van der Waals surface area contributed by atoms with Crippen molar-refractivity contribution in [2.24, 2.45) is 0 Å². The van der Waals surface area contributed by atoms with Crippen LogP contribution in [0.1, 0.15) is 5.56 Å². The van der Waals surface area contributed by atoms with Gasteiger partial charge < -0.3 is 10.1 Å². The molecule has 6 nitrogen and oxygen atoms in total. The van der Waals surface area contributed by atoms with Crippen molar-refractivity contribution in [1.82, 2.24) is 15.6 Å². The Morgan fingerprint density at radius 2 is 1.85 bits per heavy atom. The molecule has 0 unspecified atom stereocenters. The molecule has 2 N–H and O–H groups in total. The van der Waals surface area contributed by atoms with E-state index in [1.807, 2.05) is 36.4 Å². The number of fused-ring (bicyclic) bond motifs is 1. The van der Waals surface area contributed by atoms with Crippen LogP contribution in [0.25, 0.3) is 10.9 Å². The number of hydrogen-bond acceptors (Lipinski definition) is 4. The summed E-state index contributed by atoms with van der Waals surface area (Å²) in [5.74, 6) is -0.139. The molecule has 3 rings (SSSR count). The normalized spacial score (nSPS) is 10.3. The van der Waals surface area contributed by atoms with E-state index in [0.717, 1.165) is 10.9 Å². The third kappa shape index (κ3) is 4.49. The SMILES string of the molecule is O=C(COc1ccc(Cl)c2cccnc12)NC(=O)NCc1ccccc1. The molecule has 7 heteroatoms. The minimum atomic E-state index is -0.582. The van der Waals surface area contributed by atoms with Crippen LogP contribution in [0.2, 0.25) is 5.02 Å². The van der Waals surface area contributed by atoms with Gasteiger partial charge in [-0.3, -0.25) is 15.1 Å². The van der Waals surface area contributed by atoms with E-state index in [-0.39, 0.29) is 6.61 Å². The number of nitrogens with one attached hydrogen (secondary N) is 2. The van der Waals surface area contributed by atoms with E-state index in [9.17, 15) is 9.59 Å². The van der Waals surface area contributed by atoms with Crippen molar-refractivity contribution in [3.05, 3.63) is 71.4 Å². The molecule has 2 aromatic carbocycles. The number of aromatic nitrogens is 1. The lowest BCUT2D eigenvalue weighted by molar-refractivity contribution is -0.121. The van der Waals surface area contributed by atoms with E-state index in [1.54, 1.807) is 24.4 Å². The molecule has 0 bridgehead atoms. The average Bonchev–Trinajstić information content (AvgIpc) is 2.67. The topological polar surface area (TPSA) is 80.3 Å². The van der Waals surface area contributed by atoms with Gasteiger partial charge in [0.05, 0.1) is 5.02 Å². The highest BCUT2D eigenvalue weighted by atomic mass is 35.5. The standard InChI is InChI=1S/C19H16ClN3O3/c20-15-8-9-16(18-14(15)7-4-10-21-18)26-12-17(24)23-19(25)22-11-13-5-2-1-3-6-13/h1-10H,11-12H2,(H2,22,23,24,25). The van der Waals surface area contributed by atoms with E-state index < -0.39 is 11.9 Å². The highest BCUT2D eigenvalue weighted by Crippen LogP contribution is 2.29. The molecule has 1 aromatic heterocycles. The second kappa shape index (κ2) is 8.31. The number of benzene rings is 2. The number of hydrogen-bond donors (Lipinski definition) is 2. The van der Waals surface area contributed by atoms with Crippen molar-refractivity contribution in [1.29, 1.82) is 0 Å². The fraction of sp³-hybridized carbons (Fsp3) is 0.105. The van der Waals surface area contributed by atoms with Gasteiger partial charge in [-0.1, -0.05) is 41.9 Å². The molecule has 1 heterocycles. The van der Waals surface area contributed by atoms with Crippen LogP contribution >= 0.6 is 11.6 Å². The minimum Gasteiger partial charge on any atom is -0.481 e. The fourth-order valence-electron chi connectivity index (χ4n) is 2.36. The molecule has 132 valence electrons. The largest absolute Gasteiger partial charge is 0.481 e. The first-order chi connectivity index (χ1) is 12.6. The number of ether oxygens (including phenoxy) is 1. The van der Waals surface area contributed by atoms with Gasteiger partial charge in [-0.2, -0.15) is 0 Å². The zero-order valence-electron chi connectivity index (χ0n) is 13.7. The molecule has 0 aliphatic rings. The van der Waals surface area contributed by atoms with Crippen LogP contribution < -0.4 is 15.4 Å². The average molecular weight is 370 g/mol. The number of pyridine rings is 1. The molecular weight excluding hydrogens is 354 g/mol. The summed E-state index contributed by atoms with van der Waals surface area (Å²) in [7, 11) is 0. The van der Waals surface area contributed by atoms with E-state index >= 15 is 0 Å². The molecule has 0 aliphatic carbocycles. The first-order valence-corrected chi connectivity index (χ1v) is 8.29. The molecule has 3 aromatic rings. The van der Waals surface area contributed by atoms with Crippen molar-refractivity contribution in [2.75, 3.05) is 6.61 Å². The molecule has 0 radical (unpaired) electrons. The van der Waals surface area contributed by atoms with E-state index in [2.05, 4.69) is 15.6 Å². The van der Waals surface area contributed by atoms with Crippen molar-refractivity contribution < 1.29 is 14.3 Å². The highest BCUT2D eigenvalue weighted by Gasteiger charge is 2.11. The van der Waals surface area contributed by atoms with Crippen molar-refractivity contribution in [3.63, 3.8) is 0 Å². The predicted octanol–water partition coefficient (Wildman–Crippen LogP) is 3.29. The number of rotatable bonds is 5. The molecule has 0 saturated heterocycles. The van der Waals surface area contributed by atoms with E-state index in [0.29, 0.717) is 22.8 Å². The molecule has 0 spiro atoms. The van der Waals surface area contributed by atoms with E-state index in [1.165, 1.54) is 0 Å². The Balaban J connectivity index is 1.53. The maximum atomic E-state index is 11.9. The van der Waals surface area contributed by atoms with Gasteiger partial charge >= 0.3 is 6.03 Å². The Hall–Kier alpha value is -3.12. The second-order valence-electron chi connectivity index (χ2n) is 5.45. The predicted molar refractivity (Wildman–Crippen MR) is 99.1 cm³/mol. The van der Waals surface area contributed by atoms with E-state index in [4.69, 9.17) is 16.3 Å². The summed E-state index contributed by atoms with van der Waals surface area (Å²) in [6.45, 7) is 0.0125. The van der Waals surface area contributed by atoms with Crippen LogP contribution in [0.5, 0.6) is 5.75 Å². The molecule has 0 fully saturated rings. The Morgan fingerprint density at radius 3 is 2.65 bits per heavy atom. The highest BCUT2D eigenvalue weighted by molar-refractivity contribution is 6.35. The number of urea groups is 1. The second-order valence-corrected chi connectivity index (χ2v) is 5.86. The van der Waals surface area contributed by atoms with Gasteiger partial charge in [-0.05, 0) is 29.8 Å². The van der Waals surface area contributed by atoms with Crippen molar-refractivity contribution in [2.45, 2.75) is 6.54 Å². The van der Waals surface area contributed by atoms with Crippen LogP contribution in [-0.4, -0.2) is 23.5 Å². The lowest BCUT2D eigenvalue weighted by atomic mass is 10.2. The van der Waals surface area contributed by atoms with Crippen LogP contribution in [0.3, 0.4) is 0 Å². The lowest BCUT2D eigenvalue weighted by Crippen LogP contribution is -2.41. The Labute approximate surface area is 155 Å². The van der Waals surface area contributed by atoms with Crippen LogP contribution in [0.4, 0.5) is 4.79 Å². The quantitative estimate of drug-likeness (QED) is 0.723. The lowest BCUT2D eigenvalue weighted by Gasteiger charge is -2.10. The van der Waals surface area contributed by atoms with Gasteiger partial charge in [0.25, 0.3) is 5.91 Å². The van der Waals surface area contributed by atoms with Crippen LogP contribution in [-0.2, 0) is 11.3 Å². The summed E-state index contributed by atoms with van der Waals surface area (Å²) in [6, 6.07) is 15.7. The smallest absolute Gasteiger partial charge is 0.321 e. The summed E-state index contributed by atoms with van der Waals surface area (Å²) in [6.07, 6.45) is 1.61. The van der Waals surface area contributed by atoms with Crippen LogP contribution in [0.15, 0.2) is 60.8 Å². The van der Waals surface area contributed by atoms with Gasteiger partial charge in [0.2, 0.25) is 0 Å². The first-order valence-electron chi connectivity index (χ1n) is 7.91. The molecule has 3 amide bonds. The molecule has 0 aliphatic heterocycles. The summed E-state index contributed by atoms with van der Waals surface area (Å²) in [4.78, 5) is 27.9. The monoisotopic (exact) mass is 369 g/mol. The van der Waals surface area contributed by atoms with Crippen molar-refractivity contribution >= 4 is 34.4 Å². The van der Waals surface area contributed by atoms with Crippen molar-refractivity contribution in [3.8, 4) is 5.75 Å². The van der Waals surface area contributed by atoms with Gasteiger partial charge in [0.1, 0.15) is 11.3 Å². The molecule has 0 atom stereocenters. The molecule has 26 heavy (non-hydrogen) atoms. The third-order valence-corrected chi connectivity index (χ3v) is 3.92. The van der Waals surface area contributed by atoms with Gasteiger partial charge in [0, 0.05) is 18.1 Å². The fourth-order valence-corrected chi connectivity index (χ4v) is 2.57. The number of imide groups is 1. The zero-order valence-corrected chi connectivity index (χ0v) is 14.5. The number of nitrogens with zero attached hydrogens (tertiary/aromatic N) is 1. The minimum absolute atomic E-state index is 0.313. The van der Waals surface area contributed by atoms with Gasteiger partial charge in [-0.25, -0.2) is 4.79 Å². The van der Waals surface area contributed by atoms with Gasteiger partial charge in [-0.15, -0.1) is 0 Å². The number of carbonyl (C=O) groups is 2. The maximum absolute atomic E-state index is 11.9. The third-order valence-electron chi connectivity index (χ3n) is 3.59. The zero-order chi connectivity index (χ0) is 18.4. The summed E-state index contributed by atoms with van der Waals surface area (Å²) in [5, 5.41) is 6.10. The number of carbonyl (C=O) groups excluding carboxylic acids is 2. The Bertz CT molecular complexity index is 932. The summed E-state index contributed by atoms with van der Waals surface area (Å²) < 4.78 is 5.49. The number of amides is 3. The Morgan fingerprint density at radius 1 is 1.04 bits per heavy atom. The summed E-state index contributed by atoms with van der Waals surface area (Å²) in [5.41, 5.74) is 1.49. The van der Waals surface area contributed by atoms with Crippen LogP contribution in [0, 0.1) is 0 Å². The van der Waals surface area contributed by atoms with Gasteiger partial charge in [0.15, 0.2) is 6.61 Å². The first kappa shape index (κ1) is 17.7. The number of halogens is 1. The maximum Gasteiger partial charge on any atom is 0.321 e. The summed E-state index contributed by atoms with van der Waals surface area (Å²) >= 11 is 6.12.